The first-order valence-electron chi connectivity index (χ1n) is 7.98. The molecule has 1 amide bonds. The van der Waals surface area contributed by atoms with Gasteiger partial charge in [-0.2, -0.15) is 0 Å². The highest BCUT2D eigenvalue weighted by molar-refractivity contribution is 5.81. The van der Waals surface area contributed by atoms with E-state index in [4.69, 9.17) is 4.74 Å². The molecule has 2 heterocycles. The van der Waals surface area contributed by atoms with Crippen LogP contribution in [0.25, 0.3) is 11.0 Å². The molecule has 5 heteroatoms. The van der Waals surface area contributed by atoms with Gasteiger partial charge in [-0.3, -0.25) is 4.79 Å². The van der Waals surface area contributed by atoms with Crippen molar-refractivity contribution < 1.29 is 9.53 Å². The fraction of sp³-hybridized carbons (Fsp3) is 0.529. The third-order valence-electron chi connectivity index (χ3n) is 4.03. The molecule has 0 saturated carbocycles. The third-order valence-corrected chi connectivity index (χ3v) is 4.03. The first-order chi connectivity index (χ1) is 10.6. The fourth-order valence-corrected chi connectivity index (χ4v) is 2.74. The number of aromatic amines is 1. The average molecular weight is 301 g/mol. The Hall–Kier alpha value is -1.88. The molecule has 5 nitrogen and oxygen atoms in total. The smallest absolute Gasteiger partial charge is 0.224 e. The van der Waals surface area contributed by atoms with E-state index in [1.165, 1.54) is 0 Å². The first kappa shape index (κ1) is 15.0. The Kier molecular flexibility index (Phi) is 4.43. The number of nitrogens with zero attached hydrogens (tertiary/aromatic N) is 1. The zero-order valence-electron chi connectivity index (χ0n) is 13.2. The molecule has 1 aromatic carbocycles. The number of rotatable bonds is 5. The van der Waals surface area contributed by atoms with Crippen LogP contribution in [0.4, 0.5) is 0 Å². The van der Waals surface area contributed by atoms with Gasteiger partial charge in [0.2, 0.25) is 5.91 Å². The summed E-state index contributed by atoms with van der Waals surface area (Å²) in [5.74, 6) is 1.39. The van der Waals surface area contributed by atoms with E-state index in [2.05, 4.69) is 29.1 Å². The van der Waals surface area contributed by atoms with Crippen molar-refractivity contribution in [1.29, 1.82) is 0 Å². The number of hydrogen-bond acceptors (Lipinski definition) is 3. The number of carbonyl (C=O) groups excluding carboxylic acids is 1. The Morgan fingerprint density at radius 1 is 1.50 bits per heavy atom. The minimum absolute atomic E-state index is 0.0402. The van der Waals surface area contributed by atoms with E-state index >= 15 is 0 Å². The molecule has 0 spiro atoms. The molecule has 22 heavy (non-hydrogen) atoms. The Morgan fingerprint density at radius 3 is 3.09 bits per heavy atom. The minimum Gasteiger partial charge on any atom is -0.376 e. The van der Waals surface area contributed by atoms with Crippen molar-refractivity contribution in [3.8, 4) is 0 Å². The lowest BCUT2D eigenvalue weighted by molar-refractivity contribution is -0.120. The fourth-order valence-electron chi connectivity index (χ4n) is 2.74. The molecule has 1 saturated heterocycles. The van der Waals surface area contributed by atoms with Crippen LogP contribution in [-0.4, -0.2) is 35.1 Å². The molecular formula is C17H23N3O2. The monoisotopic (exact) mass is 301 g/mol. The van der Waals surface area contributed by atoms with Crippen molar-refractivity contribution in [2.75, 3.05) is 13.2 Å². The molecule has 118 valence electrons. The maximum absolute atomic E-state index is 12.0. The van der Waals surface area contributed by atoms with E-state index in [9.17, 15) is 4.79 Å². The van der Waals surface area contributed by atoms with Gasteiger partial charge in [0, 0.05) is 19.1 Å². The summed E-state index contributed by atoms with van der Waals surface area (Å²) in [5.41, 5.74) is 2.94. The number of fused-ring (bicyclic) bond motifs is 1. The number of imidazole rings is 1. The molecule has 0 bridgehead atoms. The van der Waals surface area contributed by atoms with Crippen molar-refractivity contribution >= 4 is 16.9 Å². The van der Waals surface area contributed by atoms with Crippen LogP contribution in [0.1, 0.15) is 44.0 Å². The number of ether oxygens (including phenoxy) is 1. The molecule has 0 aliphatic carbocycles. The van der Waals surface area contributed by atoms with E-state index in [0.717, 1.165) is 41.9 Å². The first-order valence-corrected chi connectivity index (χ1v) is 7.98. The van der Waals surface area contributed by atoms with Gasteiger partial charge in [-0.05, 0) is 30.5 Å². The number of benzene rings is 1. The molecule has 2 aromatic rings. The summed E-state index contributed by atoms with van der Waals surface area (Å²) in [6.45, 7) is 5.65. The van der Waals surface area contributed by atoms with Crippen LogP contribution in [0.5, 0.6) is 0 Å². The lowest BCUT2D eigenvalue weighted by Crippen LogP contribution is -2.32. The summed E-state index contributed by atoms with van der Waals surface area (Å²) in [6.07, 6.45) is 2.71. The third kappa shape index (κ3) is 3.47. The molecule has 3 rings (SSSR count). The topological polar surface area (TPSA) is 67.0 Å². The van der Waals surface area contributed by atoms with Gasteiger partial charge in [-0.1, -0.05) is 19.9 Å². The SMILES string of the molecule is CC(C)c1nc2ccc(CC(=O)NCC3CCCO3)cc2[nH]1. The van der Waals surface area contributed by atoms with Crippen LogP contribution in [-0.2, 0) is 16.0 Å². The van der Waals surface area contributed by atoms with Gasteiger partial charge in [0.15, 0.2) is 0 Å². The molecule has 1 atom stereocenters. The molecule has 0 radical (unpaired) electrons. The molecular weight excluding hydrogens is 278 g/mol. The zero-order chi connectivity index (χ0) is 15.5. The molecule has 2 N–H and O–H groups in total. The standard InChI is InChI=1S/C17H23N3O2/c1-11(2)17-19-14-6-5-12(8-15(14)20-17)9-16(21)18-10-13-4-3-7-22-13/h5-6,8,11,13H,3-4,7,9-10H2,1-2H3,(H,18,21)(H,19,20). The Bertz CT molecular complexity index is 657. The maximum Gasteiger partial charge on any atom is 0.224 e. The second kappa shape index (κ2) is 6.48. The average Bonchev–Trinajstić information content (AvgIpc) is 3.14. The van der Waals surface area contributed by atoms with Crippen LogP contribution in [0.3, 0.4) is 0 Å². The normalized spacial score (nSPS) is 18.2. The Labute approximate surface area is 130 Å². The molecule has 1 unspecified atom stereocenters. The molecule has 1 aliphatic heterocycles. The molecule has 1 aromatic heterocycles. The van der Waals surface area contributed by atoms with Gasteiger partial charge in [0.05, 0.1) is 23.6 Å². The number of aromatic nitrogens is 2. The number of hydrogen-bond donors (Lipinski definition) is 2. The van der Waals surface area contributed by atoms with Gasteiger partial charge in [-0.15, -0.1) is 0 Å². The lowest BCUT2D eigenvalue weighted by atomic mass is 10.1. The van der Waals surface area contributed by atoms with E-state index in [1.54, 1.807) is 0 Å². The van der Waals surface area contributed by atoms with Crippen LogP contribution in [0.15, 0.2) is 18.2 Å². The quantitative estimate of drug-likeness (QED) is 0.891. The number of carbonyl (C=O) groups is 1. The Balaban J connectivity index is 1.61. The summed E-state index contributed by atoms with van der Waals surface area (Å²) >= 11 is 0. The van der Waals surface area contributed by atoms with Crippen molar-refractivity contribution in [1.82, 2.24) is 15.3 Å². The van der Waals surface area contributed by atoms with E-state index in [0.29, 0.717) is 18.9 Å². The molecule has 1 aliphatic rings. The van der Waals surface area contributed by atoms with Crippen molar-refractivity contribution in [2.24, 2.45) is 0 Å². The maximum atomic E-state index is 12.0. The minimum atomic E-state index is 0.0402. The predicted molar refractivity (Wildman–Crippen MR) is 85.9 cm³/mol. The second-order valence-electron chi connectivity index (χ2n) is 6.24. The van der Waals surface area contributed by atoms with Crippen LogP contribution in [0, 0.1) is 0 Å². The van der Waals surface area contributed by atoms with Crippen molar-refractivity contribution in [2.45, 2.75) is 45.1 Å². The van der Waals surface area contributed by atoms with E-state index in [-0.39, 0.29) is 12.0 Å². The van der Waals surface area contributed by atoms with Gasteiger partial charge in [0.25, 0.3) is 0 Å². The van der Waals surface area contributed by atoms with Crippen molar-refractivity contribution in [3.05, 3.63) is 29.6 Å². The summed E-state index contributed by atoms with van der Waals surface area (Å²) in [4.78, 5) is 19.9. The van der Waals surface area contributed by atoms with E-state index < -0.39 is 0 Å². The zero-order valence-corrected chi connectivity index (χ0v) is 13.2. The summed E-state index contributed by atoms with van der Waals surface area (Å²) in [7, 11) is 0. The van der Waals surface area contributed by atoms with Crippen LogP contribution in [0.2, 0.25) is 0 Å². The van der Waals surface area contributed by atoms with Gasteiger partial charge >= 0.3 is 0 Å². The highest BCUT2D eigenvalue weighted by Gasteiger charge is 2.16. The van der Waals surface area contributed by atoms with E-state index in [1.807, 2.05) is 18.2 Å². The lowest BCUT2D eigenvalue weighted by Gasteiger charge is -2.10. The van der Waals surface area contributed by atoms with Gasteiger partial charge in [0.1, 0.15) is 5.82 Å². The van der Waals surface area contributed by atoms with Gasteiger partial charge in [-0.25, -0.2) is 4.98 Å². The number of amides is 1. The molecule has 1 fully saturated rings. The largest absolute Gasteiger partial charge is 0.376 e. The summed E-state index contributed by atoms with van der Waals surface area (Å²) < 4.78 is 5.51. The highest BCUT2D eigenvalue weighted by atomic mass is 16.5. The Morgan fingerprint density at radius 2 is 2.36 bits per heavy atom. The predicted octanol–water partition coefficient (Wildman–Crippen LogP) is 2.52. The highest BCUT2D eigenvalue weighted by Crippen LogP contribution is 2.18. The van der Waals surface area contributed by atoms with Gasteiger partial charge < -0.3 is 15.0 Å². The summed E-state index contributed by atoms with van der Waals surface area (Å²) in [6, 6.07) is 5.96. The number of nitrogens with one attached hydrogen (secondary N) is 2. The van der Waals surface area contributed by atoms with Crippen LogP contribution < -0.4 is 5.32 Å². The number of H-pyrrole nitrogens is 1. The second-order valence-corrected chi connectivity index (χ2v) is 6.24. The van der Waals surface area contributed by atoms with Crippen molar-refractivity contribution in [3.63, 3.8) is 0 Å². The van der Waals surface area contributed by atoms with Crippen LogP contribution >= 0.6 is 0 Å². The summed E-state index contributed by atoms with van der Waals surface area (Å²) in [5, 5.41) is 2.95.